The van der Waals surface area contributed by atoms with Crippen molar-refractivity contribution in [3.63, 3.8) is 0 Å². The summed E-state index contributed by atoms with van der Waals surface area (Å²) in [7, 11) is 4.01. The molecule has 90 valence electrons. The van der Waals surface area contributed by atoms with Crippen LogP contribution < -0.4 is 0 Å². The fourth-order valence-corrected chi connectivity index (χ4v) is 2.06. The molecule has 0 saturated carbocycles. The number of hydrogen-bond donors (Lipinski definition) is 0. The molecular weight excluding hydrogens is 204 g/mol. The number of ether oxygens (including phenoxy) is 1. The third-order valence-corrected chi connectivity index (χ3v) is 2.94. The molecule has 1 aromatic rings. The summed E-state index contributed by atoms with van der Waals surface area (Å²) in [5.41, 5.74) is 1.03. The standard InChI is InChI=1S/C11H20N4O/c1-14(6-5-11-4-3-7-16-11)8-10-9-15(2)13-12-10/h9,11H,3-8H2,1-2H3. The molecule has 5 heteroatoms. The highest BCUT2D eigenvalue weighted by atomic mass is 16.5. The van der Waals surface area contributed by atoms with E-state index in [4.69, 9.17) is 4.74 Å². The van der Waals surface area contributed by atoms with E-state index in [0.717, 1.165) is 31.8 Å². The quantitative estimate of drug-likeness (QED) is 0.742. The van der Waals surface area contributed by atoms with Gasteiger partial charge >= 0.3 is 0 Å². The van der Waals surface area contributed by atoms with Crippen molar-refractivity contribution in [2.24, 2.45) is 7.05 Å². The highest BCUT2D eigenvalue weighted by Gasteiger charge is 2.15. The average molecular weight is 224 g/mol. The predicted octanol–water partition coefficient (Wildman–Crippen LogP) is 0.816. The van der Waals surface area contributed by atoms with Crippen LogP contribution in [0.1, 0.15) is 25.0 Å². The van der Waals surface area contributed by atoms with Crippen LogP contribution >= 0.6 is 0 Å². The molecule has 0 N–H and O–H groups in total. The maximum atomic E-state index is 5.60. The Morgan fingerprint density at radius 2 is 2.50 bits per heavy atom. The first-order valence-electron chi connectivity index (χ1n) is 5.89. The Morgan fingerprint density at radius 3 is 3.12 bits per heavy atom. The SMILES string of the molecule is CN(CCC1CCCO1)Cc1cn(C)nn1. The van der Waals surface area contributed by atoms with Crippen molar-refractivity contribution < 1.29 is 4.74 Å². The first-order valence-corrected chi connectivity index (χ1v) is 5.89. The molecule has 1 aliphatic rings. The lowest BCUT2D eigenvalue weighted by Gasteiger charge is -2.17. The third-order valence-electron chi connectivity index (χ3n) is 2.94. The summed E-state index contributed by atoms with van der Waals surface area (Å²) in [5.74, 6) is 0. The molecular formula is C11H20N4O. The Morgan fingerprint density at radius 1 is 1.62 bits per heavy atom. The van der Waals surface area contributed by atoms with Crippen LogP contribution in [0.25, 0.3) is 0 Å². The maximum Gasteiger partial charge on any atom is 0.0966 e. The van der Waals surface area contributed by atoms with Crippen LogP contribution in [-0.2, 0) is 18.3 Å². The Kier molecular flexibility index (Phi) is 3.90. The van der Waals surface area contributed by atoms with E-state index in [9.17, 15) is 0 Å². The van der Waals surface area contributed by atoms with Crippen LogP contribution in [0, 0.1) is 0 Å². The fourth-order valence-electron chi connectivity index (χ4n) is 2.06. The van der Waals surface area contributed by atoms with Crippen molar-refractivity contribution >= 4 is 0 Å². The zero-order chi connectivity index (χ0) is 11.4. The second kappa shape index (κ2) is 5.41. The number of hydrogen-bond acceptors (Lipinski definition) is 4. The number of aryl methyl sites for hydroxylation is 1. The molecule has 1 saturated heterocycles. The van der Waals surface area contributed by atoms with Gasteiger partial charge in [-0.1, -0.05) is 5.21 Å². The molecule has 0 aromatic carbocycles. The van der Waals surface area contributed by atoms with Gasteiger partial charge in [-0.3, -0.25) is 4.68 Å². The lowest BCUT2D eigenvalue weighted by molar-refractivity contribution is 0.0942. The van der Waals surface area contributed by atoms with Gasteiger partial charge in [0.2, 0.25) is 0 Å². The van der Waals surface area contributed by atoms with Gasteiger partial charge < -0.3 is 9.64 Å². The molecule has 16 heavy (non-hydrogen) atoms. The van der Waals surface area contributed by atoms with Gasteiger partial charge in [0.25, 0.3) is 0 Å². The van der Waals surface area contributed by atoms with Crippen molar-refractivity contribution in [3.05, 3.63) is 11.9 Å². The predicted molar refractivity (Wildman–Crippen MR) is 60.9 cm³/mol. The van der Waals surface area contributed by atoms with Crippen molar-refractivity contribution in [2.45, 2.75) is 31.9 Å². The summed E-state index contributed by atoms with van der Waals surface area (Å²) < 4.78 is 7.34. The minimum atomic E-state index is 0.476. The van der Waals surface area contributed by atoms with Gasteiger partial charge in [0.1, 0.15) is 0 Å². The van der Waals surface area contributed by atoms with E-state index in [1.54, 1.807) is 4.68 Å². The van der Waals surface area contributed by atoms with Crippen molar-refractivity contribution in [3.8, 4) is 0 Å². The van der Waals surface area contributed by atoms with Crippen LogP contribution in [0.5, 0.6) is 0 Å². The smallest absolute Gasteiger partial charge is 0.0966 e. The lowest BCUT2D eigenvalue weighted by Crippen LogP contribution is -2.23. The van der Waals surface area contributed by atoms with E-state index in [2.05, 4.69) is 22.3 Å². The fraction of sp³-hybridized carbons (Fsp3) is 0.818. The molecule has 2 heterocycles. The number of rotatable bonds is 5. The molecule has 5 nitrogen and oxygen atoms in total. The Balaban J connectivity index is 1.69. The summed E-state index contributed by atoms with van der Waals surface area (Å²) in [6.07, 6.45) is 6.00. The third kappa shape index (κ3) is 3.28. The zero-order valence-corrected chi connectivity index (χ0v) is 10.1. The van der Waals surface area contributed by atoms with Crippen LogP contribution in [0.15, 0.2) is 6.20 Å². The van der Waals surface area contributed by atoms with E-state index in [1.165, 1.54) is 12.8 Å². The van der Waals surface area contributed by atoms with E-state index < -0.39 is 0 Å². The van der Waals surface area contributed by atoms with E-state index in [1.807, 2.05) is 13.2 Å². The van der Waals surface area contributed by atoms with Crippen molar-refractivity contribution in [2.75, 3.05) is 20.2 Å². The molecule has 0 spiro atoms. The summed E-state index contributed by atoms with van der Waals surface area (Å²) in [4.78, 5) is 2.27. The summed E-state index contributed by atoms with van der Waals surface area (Å²) in [6, 6.07) is 0. The van der Waals surface area contributed by atoms with Crippen LogP contribution in [0.2, 0.25) is 0 Å². The van der Waals surface area contributed by atoms with Gasteiger partial charge in [-0.15, -0.1) is 5.10 Å². The van der Waals surface area contributed by atoms with Crippen molar-refractivity contribution in [1.82, 2.24) is 19.9 Å². The Hall–Kier alpha value is -0.940. The van der Waals surface area contributed by atoms with Crippen LogP contribution in [-0.4, -0.2) is 46.2 Å². The van der Waals surface area contributed by atoms with Gasteiger partial charge in [-0.25, -0.2) is 0 Å². The van der Waals surface area contributed by atoms with Gasteiger partial charge in [0.05, 0.1) is 11.8 Å². The number of nitrogens with zero attached hydrogens (tertiary/aromatic N) is 4. The average Bonchev–Trinajstić information content (AvgIpc) is 2.87. The van der Waals surface area contributed by atoms with Gasteiger partial charge in [0, 0.05) is 32.9 Å². The van der Waals surface area contributed by atoms with Crippen LogP contribution in [0.4, 0.5) is 0 Å². The molecule has 2 rings (SSSR count). The number of aromatic nitrogens is 3. The van der Waals surface area contributed by atoms with Crippen LogP contribution in [0.3, 0.4) is 0 Å². The van der Waals surface area contributed by atoms with Gasteiger partial charge in [-0.2, -0.15) is 0 Å². The van der Waals surface area contributed by atoms with E-state index >= 15 is 0 Å². The monoisotopic (exact) mass is 224 g/mol. The second-order valence-electron chi connectivity index (χ2n) is 4.55. The Labute approximate surface area is 96.4 Å². The summed E-state index contributed by atoms with van der Waals surface area (Å²) in [5, 5.41) is 8.00. The first-order chi connectivity index (χ1) is 7.74. The lowest BCUT2D eigenvalue weighted by atomic mass is 10.2. The first kappa shape index (κ1) is 11.5. The Bertz CT molecular complexity index is 320. The summed E-state index contributed by atoms with van der Waals surface area (Å²) >= 11 is 0. The maximum absolute atomic E-state index is 5.60. The minimum absolute atomic E-state index is 0.476. The minimum Gasteiger partial charge on any atom is -0.378 e. The molecule has 0 aliphatic carbocycles. The molecule has 1 unspecified atom stereocenters. The highest BCUT2D eigenvalue weighted by molar-refractivity contribution is 4.91. The van der Waals surface area contributed by atoms with Gasteiger partial charge in [0.15, 0.2) is 0 Å². The van der Waals surface area contributed by atoms with Crippen molar-refractivity contribution in [1.29, 1.82) is 0 Å². The molecule has 0 amide bonds. The second-order valence-corrected chi connectivity index (χ2v) is 4.55. The molecule has 1 aliphatic heterocycles. The van der Waals surface area contributed by atoms with E-state index in [0.29, 0.717) is 6.10 Å². The largest absolute Gasteiger partial charge is 0.378 e. The van der Waals surface area contributed by atoms with Gasteiger partial charge in [-0.05, 0) is 26.3 Å². The highest BCUT2D eigenvalue weighted by Crippen LogP contribution is 2.15. The zero-order valence-electron chi connectivity index (χ0n) is 10.1. The molecule has 0 bridgehead atoms. The molecule has 1 atom stereocenters. The molecule has 1 aromatic heterocycles. The summed E-state index contributed by atoms with van der Waals surface area (Å²) in [6.45, 7) is 2.86. The topological polar surface area (TPSA) is 43.2 Å². The normalized spacial score (nSPS) is 20.8. The molecule has 1 fully saturated rings. The molecule has 0 radical (unpaired) electrons. The van der Waals surface area contributed by atoms with E-state index in [-0.39, 0.29) is 0 Å².